The van der Waals surface area contributed by atoms with Gasteiger partial charge in [0.05, 0.1) is 5.56 Å². The summed E-state index contributed by atoms with van der Waals surface area (Å²) in [6.45, 7) is 4.07. The van der Waals surface area contributed by atoms with E-state index in [9.17, 15) is 4.39 Å². The Labute approximate surface area is 181 Å². The summed E-state index contributed by atoms with van der Waals surface area (Å²) in [5, 5.41) is 0.776. The lowest BCUT2D eigenvalue weighted by atomic mass is 10.1. The highest BCUT2D eigenvalue weighted by Crippen LogP contribution is 2.17. The average Bonchev–Trinajstić information content (AvgIpc) is 3.13. The van der Waals surface area contributed by atoms with Crippen molar-refractivity contribution in [2.45, 2.75) is 24.2 Å². The molecule has 1 fully saturated rings. The van der Waals surface area contributed by atoms with Gasteiger partial charge in [-0.2, -0.15) is 0 Å². The van der Waals surface area contributed by atoms with Crippen molar-refractivity contribution in [1.29, 1.82) is 0 Å². The zero-order chi connectivity index (χ0) is 20.2. The number of rotatable bonds is 6. The van der Waals surface area contributed by atoms with Crippen LogP contribution in [-0.4, -0.2) is 19.3 Å². The molecule has 0 bridgehead atoms. The van der Waals surface area contributed by atoms with Crippen molar-refractivity contribution < 1.29 is 14.2 Å². The fourth-order valence-electron chi connectivity index (χ4n) is 4.28. The molecule has 0 aromatic heterocycles. The van der Waals surface area contributed by atoms with Crippen molar-refractivity contribution in [1.82, 2.24) is 0 Å². The quantitative estimate of drug-likeness (QED) is 0.572. The summed E-state index contributed by atoms with van der Waals surface area (Å²) in [6, 6.07) is 24.1. The highest BCUT2D eigenvalue weighted by molar-refractivity contribution is 7.98. The maximum absolute atomic E-state index is 13.3. The normalized spacial score (nSPS) is 21.4. The molecule has 3 aromatic carbocycles. The van der Waals surface area contributed by atoms with Crippen LogP contribution in [-0.2, 0) is 13.1 Å². The predicted molar refractivity (Wildman–Crippen MR) is 118 cm³/mol. The molecule has 3 unspecified atom stereocenters. The number of halogens is 2. The Morgan fingerprint density at radius 3 is 1.86 bits per heavy atom. The molecule has 0 spiro atoms. The first-order valence-electron chi connectivity index (χ1n) is 9.94. The Morgan fingerprint density at radius 2 is 1.34 bits per heavy atom. The standard InChI is InChI=1S/C24H24ClFN2S/c1-29-23-12-6-20(7-13-23)24-27(16-18-2-8-21(25)9-3-18)14-15-28(24)17-19-4-10-22(26)11-5-19/h2-13,24H,14-17H2,1H3/p+2. The molecule has 3 atom stereocenters. The minimum atomic E-state index is -0.177. The Morgan fingerprint density at radius 1 is 0.828 bits per heavy atom. The molecular weight excluding hydrogens is 403 g/mol. The van der Waals surface area contributed by atoms with Crippen LogP contribution in [0.15, 0.2) is 77.7 Å². The van der Waals surface area contributed by atoms with E-state index in [4.69, 9.17) is 11.6 Å². The number of benzene rings is 3. The first kappa shape index (κ1) is 20.4. The van der Waals surface area contributed by atoms with Crippen LogP contribution in [0.1, 0.15) is 22.9 Å². The van der Waals surface area contributed by atoms with Crippen molar-refractivity contribution in [3.63, 3.8) is 0 Å². The van der Waals surface area contributed by atoms with Gasteiger partial charge >= 0.3 is 0 Å². The van der Waals surface area contributed by atoms with E-state index in [0.29, 0.717) is 6.17 Å². The van der Waals surface area contributed by atoms with Gasteiger partial charge < -0.3 is 0 Å². The lowest BCUT2D eigenvalue weighted by Crippen LogP contribution is -3.22. The molecule has 3 aromatic rings. The van der Waals surface area contributed by atoms with Crippen molar-refractivity contribution in [2.75, 3.05) is 19.3 Å². The second-order valence-electron chi connectivity index (χ2n) is 7.63. The summed E-state index contributed by atoms with van der Waals surface area (Å²) in [6.07, 6.45) is 2.46. The minimum absolute atomic E-state index is 0.177. The fourth-order valence-corrected chi connectivity index (χ4v) is 4.81. The Kier molecular flexibility index (Phi) is 6.56. The number of thioether (sulfide) groups is 1. The second-order valence-corrected chi connectivity index (χ2v) is 8.95. The number of hydrogen-bond donors (Lipinski definition) is 2. The van der Waals surface area contributed by atoms with E-state index in [1.165, 1.54) is 26.5 Å². The van der Waals surface area contributed by atoms with Crippen molar-refractivity contribution in [2.24, 2.45) is 0 Å². The van der Waals surface area contributed by atoms with E-state index in [2.05, 4.69) is 42.7 Å². The smallest absolute Gasteiger partial charge is 0.241 e. The molecule has 0 aliphatic carbocycles. The van der Waals surface area contributed by atoms with Crippen molar-refractivity contribution in [3.05, 3.63) is 100 Å². The van der Waals surface area contributed by atoms with Gasteiger partial charge in [0, 0.05) is 21.0 Å². The van der Waals surface area contributed by atoms with Crippen LogP contribution in [0.5, 0.6) is 0 Å². The van der Waals surface area contributed by atoms with E-state index in [1.54, 1.807) is 28.8 Å². The molecule has 1 saturated heterocycles. The largest absolute Gasteiger partial charge is 0.274 e. The zero-order valence-corrected chi connectivity index (χ0v) is 18.1. The molecule has 150 valence electrons. The Hall–Kier alpha value is -1.85. The van der Waals surface area contributed by atoms with Gasteiger partial charge in [-0.15, -0.1) is 11.8 Å². The van der Waals surface area contributed by atoms with Crippen LogP contribution in [0.3, 0.4) is 0 Å². The van der Waals surface area contributed by atoms with E-state index >= 15 is 0 Å². The third-order valence-electron chi connectivity index (χ3n) is 5.72. The number of hydrogen-bond acceptors (Lipinski definition) is 1. The van der Waals surface area contributed by atoms with Crippen LogP contribution in [0.2, 0.25) is 5.02 Å². The zero-order valence-electron chi connectivity index (χ0n) is 16.5. The van der Waals surface area contributed by atoms with Crippen LogP contribution in [0, 0.1) is 5.82 Å². The van der Waals surface area contributed by atoms with E-state index < -0.39 is 0 Å². The molecule has 1 aliphatic rings. The van der Waals surface area contributed by atoms with Gasteiger partial charge in [0.1, 0.15) is 32.0 Å². The van der Waals surface area contributed by atoms with Gasteiger partial charge in [-0.3, -0.25) is 9.80 Å². The van der Waals surface area contributed by atoms with E-state index in [-0.39, 0.29) is 5.82 Å². The number of quaternary nitrogens is 2. The number of nitrogens with one attached hydrogen (secondary N) is 2. The lowest BCUT2D eigenvalue weighted by Gasteiger charge is -2.25. The summed E-state index contributed by atoms with van der Waals surface area (Å²) in [7, 11) is 0. The maximum Gasteiger partial charge on any atom is 0.241 e. The lowest BCUT2D eigenvalue weighted by molar-refractivity contribution is -1.09. The van der Waals surface area contributed by atoms with Gasteiger partial charge in [0.2, 0.25) is 6.17 Å². The molecule has 1 heterocycles. The molecule has 4 rings (SSSR count). The van der Waals surface area contributed by atoms with Crippen molar-refractivity contribution in [3.8, 4) is 0 Å². The predicted octanol–water partition coefficient (Wildman–Crippen LogP) is 3.38. The highest BCUT2D eigenvalue weighted by Gasteiger charge is 2.40. The van der Waals surface area contributed by atoms with E-state index in [1.807, 2.05) is 24.3 Å². The summed E-state index contributed by atoms with van der Waals surface area (Å²) in [5.41, 5.74) is 3.85. The third-order valence-corrected chi connectivity index (χ3v) is 6.72. The van der Waals surface area contributed by atoms with Gasteiger partial charge in [0.15, 0.2) is 0 Å². The molecule has 1 aliphatic heterocycles. The van der Waals surface area contributed by atoms with Gasteiger partial charge in [-0.05, 0) is 54.8 Å². The molecule has 0 saturated carbocycles. The maximum atomic E-state index is 13.3. The topological polar surface area (TPSA) is 8.88 Å². The summed E-state index contributed by atoms with van der Waals surface area (Å²) in [4.78, 5) is 4.37. The average molecular weight is 429 g/mol. The SMILES string of the molecule is CSc1ccc(C2[NH+](Cc3ccc(F)cc3)CC[NH+]2Cc2ccc(Cl)cc2)cc1. The molecular formula is C24H26ClFN2S+2. The fraction of sp³-hybridized carbons (Fsp3) is 0.250. The first-order chi connectivity index (χ1) is 14.1. The molecule has 0 amide bonds. The summed E-state index contributed by atoms with van der Waals surface area (Å²) < 4.78 is 13.3. The van der Waals surface area contributed by atoms with Gasteiger partial charge in [-0.25, -0.2) is 4.39 Å². The summed E-state index contributed by atoms with van der Waals surface area (Å²) >= 11 is 7.83. The Balaban J connectivity index is 1.59. The second kappa shape index (κ2) is 9.31. The third kappa shape index (κ3) is 5.01. The van der Waals surface area contributed by atoms with Crippen molar-refractivity contribution >= 4 is 23.4 Å². The van der Waals surface area contributed by atoms with Gasteiger partial charge in [-0.1, -0.05) is 35.9 Å². The minimum Gasteiger partial charge on any atom is -0.274 e. The van der Waals surface area contributed by atoms with Crippen LogP contribution in [0.25, 0.3) is 0 Å². The molecule has 2 N–H and O–H groups in total. The molecule has 29 heavy (non-hydrogen) atoms. The monoisotopic (exact) mass is 428 g/mol. The molecule has 5 heteroatoms. The van der Waals surface area contributed by atoms with Crippen LogP contribution < -0.4 is 9.80 Å². The van der Waals surface area contributed by atoms with Gasteiger partial charge in [0.25, 0.3) is 0 Å². The molecule has 2 nitrogen and oxygen atoms in total. The Bertz CT molecular complexity index is 873. The van der Waals surface area contributed by atoms with E-state index in [0.717, 1.165) is 31.2 Å². The van der Waals surface area contributed by atoms with Crippen LogP contribution >= 0.6 is 23.4 Å². The van der Waals surface area contributed by atoms with Crippen LogP contribution in [0.4, 0.5) is 4.39 Å². The first-order valence-corrected chi connectivity index (χ1v) is 11.5. The summed E-state index contributed by atoms with van der Waals surface area (Å²) in [5.74, 6) is -0.177. The highest BCUT2D eigenvalue weighted by atomic mass is 35.5. The molecule has 0 radical (unpaired) electrons.